The average molecular weight is 360 g/mol. The minimum Gasteiger partial charge on any atom is -0.493 e. The second kappa shape index (κ2) is 8.67. The molecule has 0 aliphatic heterocycles. The molecule has 136 valence electrons. The summed E-state index contributed by atoms with van der Waals surface area (Å²) < 4.78 is 10.4. The monoisotopic (exact) mass is 360 g/mol. The Morgan fingerprint density at radius 2 is 1.52 bits per heavy atom. The van der Waals surface area contributed by atoms with Gasteiger partial charge in [-0.3, -0.25) is 4.79 Å². The van der Waals surface area contributed by atoms with Crippen molar-refractivity contribution in [1.29, 1.82) is 0 Å². The number of nitrogens with one attached hydrogen (secondary N) is 1. The van der Waals surface area contributed by atoms with E-state index in [1.165, 1.54) is 7.11 Å². The van der Waals surface area contributed by atoms with Gasteiger partial charge < -0.3 is 9.47 Å². The lowest BCUT2D eigenvalue weighted by atomic mass is 10.0. The maximum atomic E-state index is 12.2. The SMILES string of the molecule is COc1ccc(C(=O)NN=Cc2ccc(-c3ccccc3)cc2)cc1OC. The van der Waals surface area contributed by atoms with E-state index in [1.807, 2.05) is 42.5 Å². The fraction of sp³-hybridized carbons (Fsp3) is 0.0909. The van der Waals surface area contributed by atoms with Crippen LogP contribution in [0.25, 0.3) is 11.1 Å². The molecular formula is C22H20N2O3. The Hall–Kier alpha value is -3.60. The average Bonchev–Trinajstić information content (AvgIpc) is 2.74. The van der Waals surface area contributed by atoms with Crippen LogP contribution >= 0.6 is 0 Å². The van der Waals surface area contributed by atoms with Crippen LogP contribution in [0.15, 0.2) is 77.9 Å². The van der Waals surface area contributed by atoms with E-state index in [4.69, 9.17) is 9.47 Å². The molecule has 1 N–H and O–H groups in total. The second-order valence-electron chi connectivity index (χ2n) is 5.76. The highest BCUT2D eigenvalue weighted by atomic mass is 16.5. The van der Waals surface area contributed by atoms with Gasteiger partial charge in [-0.05, 0) is 34.9 Å². The first-order chi connectivity index (χ1) is 13.2. The van der Waals surface area contributed by atoms with Gasteiger partial charge in [-0.1, -0.05) is 54.6 Å². The van der Waals surface area contributed by atoms with Crippen molar-refractivity contribution < 1.29 is 14.3 Å². The molecule has 0 aromatic heterocycles. The molecule has 0 aliphatic carbocycles. The number of carbonyl (C=O) groups excluding carboxylic acids is 1. The summed E-state index contributed by atoms with van der Waals surface area (Å²) in [6, 6.07) is 23.0. The first kappa shape index (κ1) is 18.2. The lowest BCUT2D eigenvalue weighted by Gasteiger charge is -2.08. The smallest absolute Gasteiger partial charge is 0.271 e. The number of rotatable bonds is 6. The number of hydrogen-bond donors (Lipinski definition) is 1. The number of amides is 1. The van der Waals surface area contributed by atoms with Gasteiger partial charge >= 0.3 is 0 Å². The highest BCUT2D eigenvalue weighted by molar-refractivity contribution is 5.95. The van der Waals surface area contributed by atoms with Crippen molar-refractivity contribution in [2.24, 2.45) is 5.10 Å². The molecule has 0 saturated carbocycles. The summed E-state index contributed by atoms with van der Waals surface area (Å²) in [5.41, 5.74) is 6.12. The Balaban J connectivity index is 1.64. The van der Waals surface area contributed by atoms with Gasteiger partial charge in [-0.25, -0.2) is 5.43 Å². The summed E-state index contributed by atoms with van der Waals surface area (Å²) in [7, 11) is 3.07. The number of ether oxygens (including phenoxy) is 2. The van der Waals surface area contributed by atoms with E-state index in [-0.39, 0.29) is 5.91 Å². The number of hydrogen-bond acceptors (Lipinski definition) is 4. The Kier molecular flexibility index (Phi) is 5.84. The molecule has 0 fully saturated rings. The highest BCUT2D eigenvalue weighted by Gasteiger charge is 2.09. The molecule has 0 bridgehead atoms. The topological polar surface area (TPSA) is 59.9 Å². The number of nitrogens with zero attached hydrogens (tertiary/aromatic N) is 1. The van der Waals surface area contributed by atoms with E-state index in [0.29, 0.717) is 17.1 Å². The molecule has 0 saturated heterocycles. The van der Waals surface area contributed by atoms with Gasteiger partial charge in [0.05, 0.1) is 20.4 Å². The van der Waals surface area contributed by atoms with Crippen molar-refractivity contribution in [2.45, 2.75) is 0 Å². The van der Waals surface area contributed by atoms with Crippen LogP contribution in [-0.4, -0.2) is 26.3 Å². The lowest BCUT2D eigenvalue weighted by Crippen LogP contribution is -2.17. The summed E-state index contributed by atoms with van der Waals surface area (Å²) in [6.07, 6.45) is 1.60. The normalized spacial score (nSPS) is 10.6. The van der Waals surface area contributed by atoms with Crippen LogP contribution in [0.5, 0.6) is 11.5 Å². The molecule has 0 spiro atoms. The molecule has 0 aliphatic rings. The summed E-state index contributed by atoms with van der Waals surface area (Å²) in [5.74, 6) is 0.731. The fourth-order valence-electron chi connectivity index (χ4n) is 2.60. The van der Waals surface area contributed by atoms with Gasteiger partial charge in [0, 0.05) is 5.56 Å². The Bertz CT molecular complexity index is 936. The van der Waals surface area contributed by atoms with Crippen LogP contribution in [0, 0.1) is 0 Å². The van der Waals surface area contributed by atoms with Crippen molar-refractivity contribution in [3.8, 4) is 22.6 Å². The first-order valence-electron chi connectivity index (χ1n) is 8.42. The minimum absolute atomic E-state index is 0.326. The van der Waals surface area contributed by atoms with Crippen LogP contribution in [0.2, 0.25) is 0 Å². The molecule has 5 nitrogen and oxygen atoms in total. The predicted molar refractivity (Wildman–Crippen MR) is 106 cm³/mol. The molecule has 1 amide bonds. The molecule has 0 unspecified atom stereocenters. The van der Waals surface area contributed by atoms with Crippen LogP contribution in [0.4, 0.5) is 0 Å². The van der Waals surface area contributed by atoms with Crippen molar-refractivity contribution in [1.82, 2.24) is 5.43 Å². The standard InChI is InChI=1S/C22H20N2O3/c1-26-20-13-12-19(14-21(20)27-2)22(25)24-23-15-16-8-10-18(11-9-16)17-6-4-3-5-7-17/h3-15H,1-2H3,(H,24,25). The predicted octanol–water partition coefficient (Wildman–Crippen LogP) is 4.13. The van der Waals surface area contributed by atoms with Crippen LogP contribution in [0.3, 0.4) is 0 Å². The van der Waals surface area contributed by atoms with Gasteiger partial charge in [-0.15, -0.1) is 0 Å². The number of hydrazone groups is 1. The van der Waals surface area contributed by atoms with Crippen LogP contribution in [-0.2, 0) is 0 Å². The third kappa shape index (κ3) is 4.52. The zero-order chi connectivity index (χ0) is 19.1. The van der Waals surface area contributed by atoms with Gasteiger partial charge in [0.15, 0.2) is 11.5 Å². The summed E-state index contributed by atoms with van der Waals surface area (Å²) >= 11 is 0. The van der Waals surface area contributed by atoms with E-state index < -0.39 is 0 Å². The van der Waals surface area contributed by atoms with Crippen molar-refractivity contribution in [3.63, 3.8) is 0 Å². The van der Waals surface area contributed by atoms with Gasteiger partial charge in [0.1, 0.15) is 0 Å². The third-order valence-corrected chi connectivity index (χ3v) is 4.04. The van der Waals surface area contributed by atoms with Crippen molar-refractivity contribution >= 4 is 12.1 Å². The van der Waals surface area contributed by atoms with E-state index in [9.17, 15) is 4.79 Å². The van der Waals surface area contributed by atoms with Gasteiger partial charge in [-0.2, -0.15) is 5.10 Å². The Morgan fingerprint density at radius 3 is 2.19 bits per heavy atom. The molecule has 3 aromatic rings. The van der Waals surface area contributed by atoms with Crippen LogP contribution in [0.1, 0.15) is 15.9 Å². The molecule has 0 atom stereocenters. The second-order valence-corrected chi connectivity index (χ2v) is 5.76. The molecule has 3 rings (SSSR count). The summed E-state index contributed by atoms with van der Waals surface area (Å²) in [6.45, 7) is 0. The van der Waals surface area contributed by atoms with Crippen molar-refractivity contribution in [3.05, 3.63) is 83.9 Å². The molecule has 0 heterocycles. The zero-order valence-electron chi connectivity index (χ0n) is 15.2. The quantitative estimate of drug-likeness (QED) is 0.531. The third-order valence-electron chi connectivity index (χ3n) is 4.04. The lowest BCUT2D eigenvalue weighted by molar-refractivity contribution is 0.0954. The maximum absolute atomic E-state index is 12.2. The van der Waals surface area contributed by atoms with E-state index in [2.05, 4.69) is 22.7 Å². The van der Waals surface area contributed by atoms with E-state index in [1.54, 1.807) is 31.5 Å². The maximum Gasteiger partial charge on any atom is 0.271 e. The van der Waals surface area contributed by atoms with Crippen LogP contribution < -0.4 is 14.9 Å². The Morgan fingerprint density at radius 1 is 0.852 bits per heavy atom. The van der Waals surface area contributed by atoms with Crippen molar-refractivity contribution in [2.75, 3.05) is 14.2 Å². The van der Waals surface area contributed by atoms with Gasteiger partial charge in [0.25, 0.3) is 5.91 Å². The number of carbonyl (C=O) groups is 1. The van der Waals surface area contributed by atoms with E-state index in [0.717, 1.165) is 16.7 Å². The molecule has 0 radical (unpaired) electrons. The molecular weight excluding hydrogens is 340 g/mol. The zero-order valence-corrected chi connectivity index (χ0v) is 15.2. The highest BCUT2D eigenvalue weighted by Crippen LogP contribution is 2.27. The molecule has 5 heteroatoms. The summed E-state index contributed by atoms with van der Waals surface area (Å²) in [5, 5.41) is 4.02. The first-order valence-corrected chi connectivity index (χ1v) is 8.42. The van der Waals surface area contributed by atoms with E-state index >= 15 is 0 Å². The molecule has 3 aromatic carbocycles. The summed E-state index contributed by atoms with van der Waals surface area (Å²) in [4.78, 5) is 12.2. The number of methoxy groups -OCH3 is 2. The minimum atomic E-state index is -0.326. The molecule has 27 heavy (non-hydrogen) atoms. The fourth-order valence-corrected chi connectivity index (χ4v) is 2.60. The largest absolute Gasteiger partial charge is 0.493 e. The number of benzene rings is 3. The Labute approximate surface area is 158 Å². The van der Waals surface area contributed by atoms with Gasteiger partial charge in [0.2, 0.25) is 0 Å².